The zero-order valence-corrected chi connectivity index (χ0v) is 15.4. The van der Waals surface area contributed by atoms with Crippen LogP contribution in [0.25, 0.3) is 6.08 Å². The lowest BCUT2D eigenvalue weighted by Gasteiger charge is -2.52. The lowest BCUT2D eigenvalue weighted by atomic mass is 9.52. The van der Waals surface area contributed by atoms with Crippen LogP contribution >= 0.6 is 0 Å². The number of aromatic hydroxyl groups is 1. The molecule has 2 heteroatoms. The highest BCUT2D eigenvalue weighted by Gasteiger charge is 2.49. The lowest BCUT2D eigenvalue weighted by Crippen LogP contribution is -2.45. The molecule has 1 saturated carbocycles. The third-order valence-electron chi connectivity index (χ3n) is 6.22. The molecule has 0 heterocycles. The molecule has 0 bridgehead atoms. The van der Waals surface area contributed by atoms with E-state index in [2.05, 4.69) is 52.8 Å². The van der Waals surface area contributed by atoms with Gasteiger partial charge >= 0.3 is 0 Å². The van der Waals surface area contributed by atoms with Crippen LogP contribution in [0.3, 0.4) is 0 Å². The fourth-order valence-corrected chi connectivity index (χ4v) is 5.11. The Bertz CT molecular complexity index is 654. The third-order valence-corrected chi connectivity index (χ3v) is 6.22. The van der Waals surface area contributed by atoms with Crippen LogP contribution in [0, 0.1) is 11.3 Å². The summed E-state index contributed by atoms with van der Waals surface area (Å²) < 4.78 is 5.61. The van der Waals surface area contributed by atoms with Crippen LogP contribution in [-0.2, 0) is 5.41 Å². The molecule has 0 radical (unpaired) electrons. The largest absolute Gasteiger partial charge is 0.504 e. The van der Waals surface area contributed by atoms with Crippen LogP contribution in [-0.4, -0.2) is 12.2 Å². The van der Waals surface area contributed by atoms with Gasteiger partial charge in [0.05, 0.1) is 7.11 Å². The number of ether oxygens (including phenoxy) is 1. The highest BCUT2D eigenvalue weighted by atomic mass is 16.5. The second-order valence-corrected chi connectivity index (χ2v) is 8.56. The van der Waals surface area contributed by atoms with E-state index in [1.54, 1.807) is 7.11 Å². The summed E-state index contributed by atoms with van der Waals surface area (Å²) in [6.45, 7) is 11.3. The molecule has 126 valence electrons. The molecule has 1 aromatic carbocycles. The monoisotopic (exact) mass is 314 g/mol. The van der Waals surface area contributed by atoms with E-state index in [-0.39, 0.29) is 10.8 Å². The second-order valence-electron chi connectivity index (χ2n) is 8.56. The van der Waals surface area contributed by atoms with Crippen molar-refractivity contribution in [2.75, 3.05) is 7.11 Å². The van der Waals surface area contributed by atoms with E-state index in [4.69, 9.17) is 4.74 Å². The molecular weight excluding hydrogens is 284 g/mol. The maximum absolute atomic E-state index is 11.1. The average molecular weight is 314 g/mol. The molecule has 2 atom stereocenters. The van der Waals surface area contributed by atoms with Crippen LogP contribution in [0.5, 0.6) is 11.5 Å². The summed E-state index contributed by atoms with van der Waals surface area (Å²) in [6, 6.07) is 2.22. The van der Waals surface area contributed by atoms with Gasteiger partial charge in [-0.1, -0.05) is 53.2 Å². The van der Waals surface area contributed by atoms with Crippen molar-refractivity contribution in [3.05, 3.63) is 28.8 Å². The maximum atomic E-state index is 11.1. The number of fused-ring (bicyclic) bond motifs is 3. The van der Waals surface area contributed by atoms with Gasteiger partial charge in [0.25, 0.3) is 0 Å². The summed E-state index contributed by atoms with van der Waals surface area (Å²) in [5.74, 6) is 1.81. The minimum absolute atomic E-state index is 0.0152. The minimum Gasteiger partial charge on any atom is -0.504 e. The van der Waals surface area contributed by atoms with Crippen molar-refractivity contribution in [1.82, 2.24) is 0 Å². The Hall–Kier alpha value is -1.44. The van der Waals surface area contributed by atoms with Crippen molar-refractivity contribution < 1.29 is 9.84 Å². The Labute approximate surface area is 140 Å². The van der Waals surface area contributed by atoms with Crippen LogP contribution < -0.4 is 4.74 Å². The molecule has 0 spiro atoms. The van der Waals surface area contributed by atoms with Gasteiger partial charge in [-0.25, -0.2) is 0 Å². The molecule has 0 aliphatic heterocycles. The summed E-state index contributed by atoms with van der Waals surface area (Å²) in [7, 11) is 1.66. The fraction of sp³-hybridized carbons (Fsp3) is 0.619. The Morgan fingerprint density at radius 3 is 2.52 bits per heavy atom. The molecular formula is C21H30O2. The first kappa shape index (κ1) is 16.4. The first-order valence-electron chi connectivity index (χ1n) is 8.85. The predicted octanol–water partition coefficient (Wildman–Crippen LogP) is 5.64. The second kappa shape index (κ2) is 5.29. The number of methoxy groups -OCH3 is 1. The number of phenols is 1. The van der Waals surface area contributed by atoms with E-state index in [1.807, 2.05) is 0 Å². The standard InChI is InChI=1S/C21H30O2/c1-13(2)15-12-14-8-9-16-20(3,4)10-7-11-21(16,5)17(14)18(22)19(15)23-6/h8-9,12-13,16,22H,7,10-11H2,1-6H3. The number of phenolic OH excluding ortho intramolecular Hbond substituents is 1. The summed E-state index contributed by atoms with van der Waals surface area (Å²) in [5.41, 5.74) is 3.60. The average Bonchev–Trinajstić information content (AvgIpc) is 2.45. The Morgan fingerprint density at radius 2 is 1.91 bits per heavy atom. The topological polar surface area (TPSA) is 29.5 Å². The van der Waals surface area contributed by atoms with E-state index >= 15 is 0 Å². The number of hydrogen-bond donors (Lipinski definition) is 1. The SMILES string of the molecule is COc1c(C(C)C)cc2c(c1O)C1(C)CCCC(C)(C)C1C=C2. The molecule has 0 amide bonds. The third kappa shape index (κ3) is 2.29. The molecule has 1 N–H and O–H groups in total. The summed E-state index contributed by atoms with van der Waals surface area (Å²) in [6.07, 6.45) is 8.18. The van der Waals surface area contributed by atoms with Gasteiger partial charge in [-0.2, -0.15) is 0 Å². The first-order valence-corrected chi connectivity index (χ1v) is 8.85. The zero-order valence-electron chi connectivity index (χ0n) is 15.4. The molecule has 0 saturated heterocycles. The quantitative estimate of drug-likeness (QED) is 0.766. The fourth-order valence-electron chi connectivity index (χ4n) is 5.11. The van der Waals surface area contributed by atoms with E-state index in [1.165, 1.54) is 18.4 Å². The van der Waals surface area contributed by atoms with E-state index < -0.39 is 0 Å². The van der Waals surface area contributed by atoms with Crippen molar-refractivity contribution >= 4 is 6.08 Å². The molecule has 2 aliphatic carbocycles. The van der Waals surface area contributed by atoms with Crippen LogP contribution in [0.15, 0.2) is 12.1 Å². The summed E-state index contributed by atoms with van der Waals surface area (Å²) in [5, 5.41) is 11.1. The van der Waals surface area contributed by atoms with Gasteiger partial charge in [0, 0.05) is 16.5 Å². The molecule has 2 aliphatic rings. The Kier molecular flexibility index (Phi) is 3.78. The Morgan fingerprint density at radius 1 is 1.22 bits per heavy atom. The van der Waals surface area contributed by atoms with Crippen LogP contribution in [0.4, 0.5) is 0 Å². The number of rotatable bonds is 2. The lowest BCUT2D eigenvalue weighted by molar-refractivity contribution is 0.0888. The zero-order chi connectivity index (χ0) is 17.0. The summed E-state index contributed by atoms with van der Waals surface area (Å²) >= 11 is 0. The molecule has 3 rings (SSSR count). The highest BCUT2D eigenvalue weighted by molar-refractivity contribution is 5.70. The highest BCUT2D eigenvalue weighted by Crippen LogP contribution is 2.59. The molecule has 1 aromatic rings. The number of allylic oxidation sites excluding steroid dienone is 1. The molecule has 0 aromatic heterocycles. The molecule has 2 unspecified atom stereocenters. The molecule has 1 fully saturated rings. The van der Waals surface area contributed by atoms with Gasteiger partial charge in [-0.15, -0.1) is 0 Å². The summed E-state index contributed by atoms with van der Waals surface area (Å²) in [4.78, 5) is 0. The van der Waals surface area contributed by atoms with Crippen molar-refractivity contribution in [3.63, 3.8) is 0 Å². The van der Waals surface area contributed by atoms with Crippen molar-refractivity contribution in [3.8, 4) is 11.5 Å². The van der Waals surface area contributed by atoms with E-state index in [9.17, 15) is 5.11 Å². The van der Waals surface area contributed by atoms with Crippen molar-refractivity contribution in [2.45, 2.75) is 65.2 Å². The van der Waals surface area contributed by atoms with Gasteiger partial charge in [0.15, 0.2) is 11.5 Å². The van der Waals surface area contributed by atoms with Gasteiger partial charge < -0.3 is 9.84 Å². The first-order chi connectivity index (χ1) is 10.7. The van der Waals surface area contributed by atoms with Crippen molar-refractivity contribution in [2.24, 2.45) is 11.3 Å². The van der Waals surface area contributed by atoms with Crippen molar-refractivity contribution in [1.29, 1.82) is 0 Å². The van der Waals surface area contributed by atoms with Gasteiger partial charge in [-0.3, -0.25) is 0 Å². The molecule has 2 nitrogen and oxygen atoms in total. The number of benzene rings is 1. The van der Waals surface area contributed by atoms with Gasteiger partial charge in [-0.05, 0) is 41.7 Å². The van der Waals surface area contributed by atoms with E-state index in [0.29, 0.717) is 23.3 Å². The van der Waals surface area contributed by atoms with E-state index in [0.717, 1.165) is 17.5 Å². The van der Waals surface area contributed by atoms with Crippen LogP contribution in [0.1, 0.15) is 76.5 Å². The van der Waals surface area contributed by atoms with Gasteiger partial charge in [0.2, 0.25) is 0 Å². The maximum Gasteiger partial charge on any atom is 0.164 e. The number of hydrogen-bond acceptors (Lipinski definition) is 2. The molecule has 23 heavy (non-hydrogen) atoms. The van der Waals surface area contributed by atoms with Crippen LogP contribution in [0.2, 0.25) is 0 Å². The minimum atomic E-state index is -0.0152. The smallest absolute Gasteiger partial charge is 0.164 e. The van der Waals surface area contributed by atoms with Gasteiger partial charge in [0.1, 0.15) is 0 Å². The Balaban J connectivity index is 2.26. The normalized spacial score (nSPS) is 28.4. The predicted molar refractivity (Wildman–Crippen MR) is 96.3 cm³/mol.